The van der Waals surface area contributed by atoms with E-state index in [-0.39, 0.29) is 11.9 Å². The lowest BCUT2D eigenvalue weighted by molar-refractivity contribution is 0.0933. The van der Waals surface area contributed by atoms with Gasteiger partial charge >= 0.3 is 0 Å². The molecule has 1 amide bonds. The Balaban J connectivity index is 2.65. The van der Waals surface area contributed by atoms with Crippen molar-refractivity contribution in [1.82, 2.24) is 15.5 Å². The standard InChI is InChI=1S/C9H14N4O/c1-3-6(2)11-9(14)7-4-5-8(10)13-12-7/h4-6H,3H2,1-2H3,(H2,10,13)(H,11,14). The number of carbonyl (C=O) groups is 1. The molecule has 0 bridgehead atoms. The van der Waals surface area contributed by atoms with Crippen LogP contribution in [0.1, 0.15) is 30.8 Å². The van der Waals surface area contributed by atoms with E-state index in [1.165, 1.54) is 0 Å². The van der Waals surface area contributed by atoms with Gasteiger partial charge in [-0.3, -0.25) is 4.79 Å². The number of hydrogen-bond acceptors (Lipinski definition) is 4. The predicted octanol–water partition coefficient (Wildman–Crippen LogP) is 0.587. The van der Waals surface area contributed by atoms with Gasteiger partial charge in [-0.2, -0.15) is 0 Å². The number of amides is 1. The number of hydrogen-bond donors (Lipinski definition) is 2. The van der Waals surface area contributed by atoms with Gasteiger partial charge < -0.3 is 11.1 Å². The molecular weight excluding hydrogens is 180 g/mol. The molecule has 0 spiro atoms. The van der Waals surface area contributed by atoms with E-state index in [2.05, 4.69) is 15.5 Å². The van der Waals surface area contributed by atoms with Crippen LogP contribution in [-0.2, 0) is 0 Å². The van der Waals surface area contributed by atoms with Crippen LogP contribution in [0.2, 0.25) is 0 Å². The summed E-state index contributed by atoms with van der Waals surface area (Å²) in [6.45, 7) is 3.93. The van der Waals surface area contributed by atoms with Crippen LogP contribution in [-0.4, -0.2) is 22.1 Å². The summed E-state index contributed by atoms with van der Waals surface area (Å²) in [5.74, 6) is 0.0944. The lowest BCUT2D eigenvalue weighted by Gasteiger charge is -2.09. The molecule has 1 aromatic heterocycles. The molecule has 0 aliphatic rings. The Morgan fingerprint density at radius 1 is 1.57 bits per heavy atom. The highest BCUT2D eigenvalue weighted by Gasteiger charge is 2.09. The predicted molar refractivity (Wildman–Crippen MR) is 53.7 cm³/mol. The minimum atomic E-state index is -0.216. The Morgan fingerprint density at radius 3 is 2.79 bits per heavy atom. The molecule has 14 heavy (non-hydrogen) atoms. The topological polar surface area (TPSA) is 80.9 Å². The molecule has 5 nitrogen and oxygen atoms in total. The van der Waals surface area contributed by atoms with Crippen molar-refractivity contribution in [1.29, 1.82) is 0 Å². The van der Waals surface area contributed by atoms with Crippen LogP contribution < -0.4 is 11.1 Å². The van der Waals surface area contributed by atoms with Crippen LogP contribution in [0.25, 0.3) is 0 Å². The first-order valence-corrected chi connectivity index (χ1v) is 4.53. The number of nitrogens with two attached hydrogens (primary N) is 1. The van der Waals surface area contributed by atoms with E-state index in [1.54, 1.807) is 12.1 Å². The number of anilines is 1. The smallest absolute Gasteiger partial charge is 0.272 e. The highest BCUT2D eigenvalue weighted by Crippen LogP contribution is 1.98. The zero-order valence-corrected chi connectivity index (χ0v) is 8.32. The lowest BCUT2D eigenvalue weighted by Crippen LogP contribution is -2.32. The molecule has 1 unspecified atom stereocenters. The molecule has 0 fully saturated rings. The number of aromatic nitrogens is 2. The molecule has 0 aliphatic heterocycles. The van der Waals surface area contributed by atoms with E-state index in [0.717, 1.165) is 6.42 Å². The monoisotopic (exact) mass is 194 g/mol. The summed E-state index contributed by atoms with van der Waals surface area (Å²) in [5.41, 5.74) is 5.64. The van der Waals surface area contributed by atoms with Crippen molar-refractivity contribution in [2.24, 2.45) is 0 Å². The van der Waals surface area contributed by atoms with Crippen LogP contribution in [0.3, 0.4) is 0 Å². The molecule has 1 atom stereocenters. The molecule has 0 radical (unpaired) electrons. The quantitative estimate of drug-likeness (QED) is 0.737. The third-order valence-corrected chi connectivity index (χ3v) is 1.91. The number of rotatable bonds is 3. The zero-order valence-electron chi connectivity index (χ0n) is 8.32. The normalized spacial score (nSPS) is 12.1. The molecule has 76 valence electrons. The summed E-state index contributed by atoms with van der Waals surface area (Å²) < 4.78 is 0. The molecule has 0 saturated heterocycles. The first-order chi connectivity index (χ1) is 6.63. The summed E-state index contributed by atoms with van der Waals surface area (Å²) in [6, 6.07) is 3.25. The Kier molecular flexibility index (Phi) is 3.39. The van der Waals surface area contributed by atoms with E-state index >= 15 is 0 Å². The van der Waals surface area contributed by atoms with Gasteiger partial charge in [0, 0.05) is 6.04 Å². The number of carbonyl (C=O) groups excluding carboxylic acids is 1. The van der Waals surface area contributed by atoms with Crippen molar-refractivity contribution >= 4 is 11.7 Å². The Hall–Kier alpha value is -1.65. The second-order valence-corrected chi connectivity index (χ2v) is 3.13. The third-order valence-electron chi connectivity index (χ3n) is 1.91. The first kappa shape index (κ1) is 10.4. The van der Waals surface area contributed by atoms with Gasteiger partial charge in [0.2, 0.25) is 0 Å². The first-order valence-electron chi connectivity index (χ1n) is 4.53. The van der Waals surface area contributed by atoms with Gasteiger partial charge in [-0.25, -0.2) is 0 Å². The van der Waals surface area contributed by atoms with Crippen LogP contribution in [0.5, 0.6) is 0 Å². The molecule has 3 N–H and O–H groups in total. The van der Waals surface area contributed by atoms with Crippen LogP contribution >= 0.6 is 0 Å². The van der Waals surface area contributed by atoms with Gasteiger partial charge in [0.05, 0.1) is 0 Å². The van der Waals surface area contributed by atoms with Gasteiger partial charge in [0.15, 0.2) is 5.69 Å². The molecule has 1 heterocycles. The van der Waals surface area contributed by atoms with Crippen molar-refractivity contribution in [3.05, 3.63) is 17.8 Å². The van der Waals surface area contributed by atoms with Crippen LogP contribution in [0.15, 0.2) is 12.1 Å². The van der Waals surface area contributed by atoms with Gasteiger partial charge in [0.1, 0.15) is 5.82 Å². The van der Waals surface area contributed by atoms with E-state index in [9.17, 15) is 4.79 Å². The SMILES string of the molecule is CCC(C)NC(=O)c1ccc(N)nn1. The second kappa shape index (κ2) is 4.55. The summed E-state index contributed by atoms with van der Waals surface area (Å²) in [6.07, 6.45) is 0.883. The maximum Gasteiger partial charge on any atom is 0.272 e. The fourth-order valence-corrected chi connectivity index (χ4v) is 0.863. The number of nitrogen functional groups attached to an aromatic ring is 1. The van der Waals surface area contributed by atoms with Crippen molar-refractivity contribution in [2.75, 3.05) is 5.73 Å². The summed E-state index contributed by atoms with van der Waals surface area (Å²) in [7, 11) is 0. The van der Waals surface area contributed by atoms with Crippen molar-refractivity contribution < 1.29 is 4.79 Å². The highest BCUT2D eigenvalue weighted by atomic mass is 16.2. The summed E-state index contributed by atoms with van der Waals surface area (Å²) in [5, 5.41) is 10.1. The highest BCUT2D eigenvalue weighted by molar-refractivity contribution is 5.92. The Morgan fingerprint density at radius 2 is 2.29 bits per heavy atom. The van der Waals surface area contributed by atoms with Gasteiger partial charge in [-0.1, -0.05) is 6.92 Å². The number of nitrogens with zero attached hydrogens (tertiary/aromatic N) is 2. The summed E-state index contributed by atoms with van der Waals surface area (Å²) >= 11 is 0. The second-order valence-electron chi connectivity index (χ2n) is 3.13. The maximum absolute atomic E-state index is 11.5. The Bertz CT molecular complexity index is 309. The third kappa shape index (κ3) is 2.69. The van der Waals surface area contributed by atoms with E-state index in [4.69, 9.17) is 5.73 Å². The minimum absolute atomic E-state index is 0.141. The Labute approximate surface area is 82.7 Å². The molecule has 0 aromatic carbocycles. The fraction of sp³-hybridized carbons (Fsp3) is 0.444. The van der Waals surface area contributed by atoms with Crippen molar-refractivity contribution in [3.63, 3.8) is 0 Å². The molecule has 0 saturated carbocycles. The minimum Gasteiger partial charge on any atom is -0.382 e. The van der Waals surface area contributed by atoms with Crippen molar-refractivity contribution in [2.45, 2.75) is 26.3 Å². The largest absolute Gasteiger partial charge is 0.382 e. The van der Waals surface area contributed by atoms with Gasteiger partial charge in [0.25, 0.3) is 5.91 Å². The van der Waals surface area contributed by atoms with Crippen molar-refractivity contribution in [3.8, 4) is 0 Å². The lowest BCUT2D eigenvalue weighted by atomic mass is 10.2. The van der Waals surface area contributed by atoms with E-state index in [1.807, 2.05) is 13.8 Å². The van der Waals surface area contributed by atoms with Crippen LogP contribution in [0.4, 0.5) is 5.82 Å². The average molecular weight is 194 g/mol. The van der Waals surface area contributed by atoms with Gasteiger partial charge in [-0.05, 0) is 25.5 Å². The molecule has 1 aromatic rings. The van der Waals surface area contributed by atoms with E-state index < -0.39 is 0 Å². The molecule has 5 heteroatoms. The van der Waals surface area contributed by atoms with E-state index in [0.29, 0.717) is 11.5 Å². The van der Waals surface area contributed by atoms with Crippen LogP contribution in [0, 0.1) is 0 Å². The molecule has 0 aliphatic carbocycles. The average Bonchev–Trinajstić information content (AvgIpc) is 2.18. The number of nitrogens with one attached hydrogen (secondary N) is 1. The molecular formula is C9H14N4O. The van der Waals surface area contributed by atoms with Gasteiger partial charge in [-0.15, -0.1) is 10.2 Å². The zero-order chi connectivity index (χ0) is 10.6. The summed E-state index contributed by atoms with van der Waals surface area (Å²) in [4.78, 5) is 11.5. The maximum atomic E-state index is 11.5. The molecule has 1 rings (SSSR count). The fourth-order valence-electron chi connectivity index (χ4n) is 0.863.